The number of esters is 1. The third kappa shape index (κ3) is 2.97. The lowest BCUT2D eigenvalue weighted by Gasteiger charge is -2.28. The van der Waals surface area contributed by atoms with E-state index < -0.39 is 5.97 Å². The molecule has 0 aliphatic carbocycles. The van der Waals surface area contributed by atoms with Crippen LogP contribution in [0.25, 0.3) is 0 Å². The molecule has 108 valence electrons. The average Bonchev–Trinajstić information content (AvgIpc) is 3.06. The Labute approximate surface area is 122 Å². The molecule has 3 rings (SSSR count). The topological polar surface area (TPSA) is 62.4 Å². The maximum atomic E-state index is 12.1. The number of H-pyrrole nitrogens is 1. The van der Waals surface area contributed by atoms with Gasteiger partial charge in [0.15, 0.2) is 6.61 Å². The second kappa shape index (κ2) is 5.83. The summed E-state index contributed by atoms with van der Waals surface area (Å²) in [5.74, 6) is -0.671. The lowest BCUT2D eigenvalue weighted by Crippen LogP contribution is -2.38. The third-order valence-corrected chi connectivity index (χ3v) is 3.63. The first-order valence-corrected chi connectivity index (χ1v) is 6.89. The van der Waals surface area contributed by atoms with Crippen LogP contribution in [0.15, 0.2) is 42.6 Å². The molecule has 0 fully saturated rings. The van der Waals surface area contributed by atoms with Crippen LogP contribution in [-0.4, -0.2) is 34.9 Å². The molecular formula is C16H16N2O3. The lowest BCUT2D eigenvalue weighted by molar-refractivity contribution is -0.135. The van der Waals surface area contributed by atoms with E-state index in [0.717, 1.165) is 12.0 Å². The van der Waals surface area contributed by atoms with Gasteiger partial charge in [0.05, 0.1) is 0 Å². The van der Waals surface area contributed by atoms with Crippen molar-refractivity contribution in [2.75, 3.05) is 13.2 Å². The predicted molar refractivity (Wildman–Crippen MR) is 76.6 cm³/mol. The van der Waals surface area contributed by atoms with Crippen molar-refractivity contribution in [3.8, 4) is 0 Å². The first-order chi connectivity index (χ1) is 10.2. The number of hydrogen-bond donors (Lipinski definition) is 1. The Morgan fingerprint density at radius 3 is 2.71 bits per heavy atom. The first-order valence-electron chi connectivity index (χ1n) is 6.89. The van der Waals surface area contributed by atoms with Crippen LogP contribution in [0.2, 0.25) is 0 Å². The second-order valence-electron chi connectivity index (χ2n) is 4.99. The van der Waals surface area contributed by atoms with Crippen molar-refractivity contribution in [3.05, 3.63) is 59.4 Å². The highest BCUT2D eigenvalue weighted by Gasteiger charge is 2.21. The number of hydrogen-bond acceptors (Lipinski definition) is 3. The molecule has 0 radical (unpaired) electrons. The number of aromatic amines is 1. The molecular weight excluding hydrogens is 268 g/mol. The monoisotopic (exact) mass is 284 g/mol. The van der Waals surface area contributed by atoms with Gasteiger partial charge >= 0.3 is 5.97 Å². The van der Waals surface area contributed by atoms with Crippen molar-refractivity contribution in [2.24, 2.45) is 0 Å². The molecule has 2 aromatic rings. The number of nitrogens with zero attached hydrogens (tertiary/aromatic N) is 1. The zero-order valence-corrected chi connectivity index (χ0v) is 11.5. The van der Waals surface area contributed by atoms with E-state index in [1.165, 1.54) is 5.56 Å². The van der Waals surface area contributed by atoms with E-state index in [2.05, 4.69) is 11.1 Å². The number of aromatic nitrogens is 1. The van der Waals surface area contributed by atoms with Gasteiger partial charge in [0.1, 0.15) is 5.69 Å². The fraction of sp³-hybridized carbons (Fsp3) is 0.250. The van der Waals surface area contributed by atoms with Crippen LogP contribution in [0.4, 0.5) is 0 Å². The molecule has 5 heteroatoms. The van der Waals surface area contributed by atoms with Gasteiger partial charge in [-0.15, -0.1) is 0 Å². The van der Waals surface area contributed by atoms with Crippen LogP contribution < -0.4 is 0 Å². The molecule has 21 heavy (non-hydrogen) atoms. The van der Waals surface area contributed by atoms with Gasteiger partial charge in [-0.25, -0.2) is 4.79 Å². The molecule has 0 atom stereocenters. The molecule has 0 bridgehead atoms. The summed E-state index contributed by atoms with van der Waals surface area (Å²) in [5, 5.41) is 0. The van der Waals surface area contributed by atoms with E-state index in [0.29, 0.717) is 18.8 Å². The Morgan fingerprint density at radius 2 is 1.95 bits per heavy atom. The quantitative estimate of drug-likeness (QED) is 0.874. The minimum atomic E-state index is -0.509. The number of carbonyl (C=O) groups excluding carboxylic acids is 2. The van der Waals surface area contributed by atoms with Crippen molar-refractivity contribution in [1.29, 1.82) is 0 Å². The van der Waals surface area contributed by atoms with Crippen LogP contribution in [0.3, 0.4) is 0 Å². The number of benzene rings is 1. The smallest absolute Gasteiger partial charge is 0.355 e. The molecule has 5 nitrogen and oxygen atoms in total. The number of rotatable bonds is 3. The minimum Gasteiger partial charge on any atom is -0.451 e. The Hall–Kier alpha value is -2.56. The maximum Gasteiger partial charge on any atom is 0.355 e. The van der Waals surface area contributed by atoms with Gasteiger partial charge in [-0.3, -0.25) is 4.79 Å². The molecule has 1 amide bonds. The fourth-order valence-corrected chi connectivity index (χ4v) is 2.46. The molecule has 0 spiro atoms. The van der Waals surface area contributed by atoms with E-state index in [9.17, 15) is 9.59 Å². The molecule has 1 aliphatic rings. The minimum absolute atomic E-state index is 0.163. The van der Waals surface area contributed by atoms with E-state index in [-0.39, 0.29) is 12.5 Å². The van der Waals surface area contributed by atoms with E-state index in [1.807, 2.05) is 18.2 Å². The molecule has 1 aromatic heterocycles. The second-order valence-corrected chi connectivity index (χ2v) is 4.99. The van der Waals surface area contributed by atoms with Gasteiger partial charge in [0, 0.05) is 19.3 Å². The summed E-state index contributed by atoms with van der Waals surface area (Å²) < 4.78 is 5.03. The number of amides is 1. The fourth-order valence-electron chi connectivity index (χ4n) is 2.46. The summed E-state index contributed by atoms with van der Waals surface area (Å²) >= 11 is 0. The Morgan fingerprint density at radius 1 is 1.14 bits per heavy atom. The summed E-state index contributed by atoms with van der Waals surface area (Å²) in [4.78, 5) is 28.3. The molecule has 1 aliphatic heterocycles. The number of ether oxygens (including phenoxy) is 1. The van der Waals surface area contributed by atoms with Crippen LogP contribution in [0, 0.1) is 0 Å². The normalized spacial score (nSPS) is 13.6. The van der Waals surface area contributed by atoms with Gasteiger partial charge < -0.3 is 14.6 Å². The lowest BCUT2D eigenvalue weighted by atomic mass is 10.00. The predicted octanol–water partition coefficient (Wildman–Crippen LogP) is 1.76. The number of nitrogens with one attached hydrogen (secondary N) is 1. The molecule has 1 N–H and O–H groups in total. The zero-order chi connectivity index (χ0) is 14.7. The van der Waals surface area contributed by atoms with Crippen LogP contribution in [0.5, 0.6) is 0 Å². The number of fused-ring (bicyclic) bond motifs is 1. The van der Waals surface area contributed by atoms with Gasteiger partial charge in [0.25, 0.3) is 5.91 Å². The first kappa shape index (κ1) is 13.4. The van der Waals surface area contributed by atoms with Crippen molar-refractivity contribution in [3.63, 3.8) is 0 Å². The Kier molecular flexibility index (Phi) is 3.73. The Balaban J connectivity index is 1.56. The van der Waals surface area contributed by atoms with E-state index >= 15 is 0 Å². The van der Waals surface area contributed by atoms with Gasteiger partial charge in [-0.1, -0.05) is 24.3 Å². The van der Waals surface area contributed by atoms with E-state index in [1.54, 1.807) is 23.2 Å². The zero-order valence-electron chi connectivity index (χ0n) is 11.5. The molecule has 1 aromatic carbocycles. The van der Waals surface area contributed by atoms with Crippen molar-refractivity contribution in [2.45, 2.75) is 13.0 Å². The molecule has 0 saturated heterocycles. The van der Waals surface area contributed by atoms with Crippen molar-refractivity contribution >= 4 is 11.9 Å². The summed E-state index contributed by atoms with van der Waals surface area (Å²) in [6, 6.07) is 11.4. The number of carbonyl (C=O) groups is 2. The third-order valence-electron chi connectivity index (χ3n) is 3.63. The summed E-state index contributed by atoms with van der Waals surface area (Å²) in [6.45, 7) is 1.02. The SMILES string of the molecule is O=C(OCC(=O)N1CCc2ccccc2C1)c1ccc[nH]1. The van der Waals surface area contributed by atoms with Crippen LogP contribution in [0.1, 0.15) is 21.6 Å². The average molecular weight is 284 g/mol. The van der Waals surface area contributed by atoms with Gasteiger partial charge in [0.2, 0.25) is 0 Å². The highest BCUT2D eigenvalue weighted by molar-refractivity contribution is 5.89. The van der Waals surface area contributed by atoms with Crippen LogP contribution in [-0.2, 0) is 22.5 Å². The van der Waals surface area contributed by atoms with Gasteiger partial charge in [-0.05, 0) is 29.7 Å². The van der Waals surface area contributed by atoms with Crippen molar-refractivity contribution in [1.82, 2.24) is 9.88 Å². The van der Waals surface area contributed by atoms with Crippen LogP contribution >= 0.6 is 0 Å². The largest absolute Gasteiger partial charge is 0.451 e. The molecule has 0 unspecified atom stereocenters. The summed E-state index contributed by atoms with van der Waals surface area (Å²) in [7, 11) is 0. The van der Waals surface area contributed by atoms with E-state index in [4.69, 9.17) is 4.74 Å². The maximum absolute atomic E-state index is 12.1. The highest BCUT2D eigenvalue weighted by Crippen LogP contribution is 2.18. The Bertz CT molecular complexity index is 649. The molecule has 2 heterocycles. The van der Waals surface area contributed by atoms with Gasteiger partial charge in [-0.2, -0.15) is 0 Å². The molecule has 0 saturated carbocycles. The van der Waals surface area contributed by atoms with Crippen molar-refractivity contribution < 1.29 is 14.3 Å². The highest BCUT2D eigenvalue weighted by atomic mass is 16.5. The summed E-state index contributed by atoms with van der Waals surface area (Å²) in [6.07, 6.45) is 2.48. The summed E-state index contributed by atoms with van der Waals surface area (Å²) in [5.41, 5.74) is 2.80. The standard InChI is InChI=1S/C16H16N2O3/c19-15(11-21-16(20)14-6-3-8-17-14)18-9-7-12-4-1-2-5-13(12)10-18/h1-6,8,17H,7,9-11H2.